The van der Waals surface area contributed by atoms with Gasteiger partial charge >= 0.3 is 5.97 Å². The zero-order valence-corrected chi connectivity index (χ0v) is 40.5. The van der Waals surface area contributed by atoms with E-state index < -0.39 is 12.1 Å². The van der Waals surface area contributed by atoms with Crippen LogP contribution in [0, 0.1) is 0 Å². The van der Waals surface area contributed by atoms with E-state index in [2.05, 4.69) is 31.3 Å². The van der Waals surface area contributed by atoms with Crippen molar-refractivity contribution >= 4 is 11.9 Å². The summed E-state index contributed by atoms with van der Waals surface area (Å²) in [5.74, 6) is -0.0930. The fourth-order valence-electron chi connectivity index (χ4n) is 8.40. The maximum absolute atomic E-state index is 12.5. The van der Waals surface area contributed by atoms with E-state index in [1.165, 1.54) is 205 Å². The SMILES string of the molecule is CCCCCCC/C=C\CCCCCCCC(=O)OCCCCCCCCCCCC(=O)NC(CO)C(O)CCCCCCCCCCCCCCCCCCCCCC. The summed E-state index contributed by atoms with van der Waals surface area (Å²) in [7, 11) is 0. The molecule has 60 heavy (non-hydrogen) atoms. The van der Waals surface area contributed by atoms with Gasteiger partial charge in [0, 0.05) is 12.8 Å². The number of esters is 1. The van der Waals surface area contributed by atoms with Gasteiger partial charge in [0.25, 0.3) is 0 Å². The van der Waals surface area contributed by atoms with Gasteiger partial charge in [0.15, 0.2) is 0 Å². The van der Waals surface area contributed by atoms with E-state index in [-0.39, 0.29) is 18.5 Å². The van der Waals surface area contributed by atoms with E-state index in [9.17, 15) is 19.8 Å². The summed E-state index contributed by atoms with van der Waals surface area (Å²) < 4.78 is 5.45. The molecule has 0 rings (SSSR count). The molecule has 0 aliphatic heterocycles. The standard InChI is InChI=1S/C54H105NO5/c1-3-5-7-9-11-13-15-17-19-20-21-22-23-24-25-27-30-34-38-42-46-52(57)51(50-56)55-53(58)47-43-39-35-31-29-33-37-41-45-49-60-54(59)48-44-40-36-32-28-26-18-16-14-12-10-8-6-4-2/h16,18,51-52,56-57H,3-15,17,19-50H2,1-2H3,(H,55,58)/b18-16-. The number of ether oxygens (including phenoxy) is 1. The average molecular weight is 848 g/mol. The number of hydrogen-bond acceptors (Lipinski definition) is 5. The number of unbranched alkanes of at least 4 members (excludes halogenated alkanes) is 37. The predicted octanol–water partition coefficient (Wildman–Crippen LogP) is 16.1. The molecule has 0 aliphatic rings. The molecular formula is C54H105NO5. The van der Waals surface area contributed by atoms with Crippen molar-refractivity contribution in [2.24, 2.45) is 0 Å². The number of nitrogens with one attached hydrogen (secondary N) is 1. The second kappa shape index (κ2) is 50.2. The van der Waals surface area contributed by atoms with Crippen LogP contribution in [0.1, 0.15) is 296 Å². The second-order valence-electron chi connectivity index (χ2n) is 18.6. The third-order valence-corrected chi connectivity index (χ3v) is 12.6. The summed E-state index contributed by atoms with van der Waals surface area (Å²) in [5, 5.41) is 23.3. The Morgan fingerprint density at radius 1 is 0.450 bits per heavy atom. The number of rotatable bonds is 50. The second-order valence-corrected chi connectivity index (χ2v) is 18.6. The molecule has 0 saturated carbocycles. The Bertz CT molecular complexity index is 893. The lowest BCUT2D eigenvalue weighted by Crippen LogP contribution is -2.45. The van der Waals surface area contributed by atoms with Crippen LogP contribution < -0.4 is 5.32 Å². The van der Waals surface area contributed by atoms with Gasteiger partial charge in [-0.05, 0) is 51.4 Å². The van der Waals surface area contributed by atoms with E-state index in [1.54, 1.807) is 0 Å². The molecule has 6 heteroatoms. The maximum atomic E-state index is 12.5. The van der Waals surface area contributed by atoms with Crippen LogP contribution in [0.2, 0.25) is 0 Å². The van der Waals surface area contributed by atoms with Crippen LogP contribution >= 0.6 is 0 Å². The van der Waals surface area contributed by atoms with Gasteiger partial charge in [-0.2, -0.15) is 0 Å². The van der Waals surface area contributed by atoms with Crippen molar-refractivity contribution in [1.29, 1.82) is 0 Å². The average Bonchev–Trinajstić information content (AvgIpc) is 3.25. The molecule has 0 aliphatic carbocycles. The minimum atomic E-state index is -0.682. The number of carbonyl (C=O) groups excluding carboxylic acids is 2. The summed E-state index contributed by atoms with van der Waals surface area (Å²) in [4.78, 5) is 24.5. The number of amides is 1. The van der Waals surface area contributed by atoms with Gasteiger partial charge < -0.3 is 20.3 Å². The molecule has 0 saturated heterocycles. The van der Waals surface area contributed by atoms with Crippen LogP contribution in [0.25, 0.3) is 0 Å². The Morgan fingerprint density at radius 3 is 1.18 bits per heavy atom. The molecule has 0 bridgehead atoms. The first-order chi connectivity index (χ1) is 29.5. The largest absolute Gasteiger partial charge is 0.466 e. The van der Waals surface area contributed by atoms with E-state index in [0.29, 0.717) is 25.9 Å². The zero-order valence-electron chi connectivity index (χ0n) is 40.5. The van der Waals surface area contributed by atoms with Crippen molar-refractivity contribution in [3.63, 3.8) is 0 Å². The van der Waals surface area contributed by atoms with Crippen LogP contribution in [0.5, 0.6) is 0 Å². The normalized spacial score (nSPS) is 12.7. The molecule has 0 aromatic rings. The molecule has 3 N–H and O–H groups in total. The van der Waals surface area contributed by atoms with E-state index in [1.807, 2.05) is 0 Å². The zero-order chi connectivity index (χ0) is 43.7. The lowest BCUT2D eigenvalue weighted by atomic mass is 10.0. The Labute approximate surface area is 374 Å². The van der Waals surface area contributed by atoms with Crippen molar-refractivity contribution in [3.8, 4) is 0 Å². The Kier molecular flexibility index (Phi) is 49.1. The van der Waals surface area contributed by atoms with Crippen molar-refractivity contribution in [2.45, 2.75) is 309 Å². The molecule has 356 valence electrons. The van der Waals surface area contributed by atoms with Crippen LogP contribution in [0.4, 0.5) is 0 Å². The molecule has 6 nitrogen and oxygen atoms in total. The van der Waals surface area contributed by atoms with Gasteiger partial charge in [0.1, 0.15) is 0 Å². The topological polar surface area (TPSA) is 95.9 Å². The number of hydrogen-bond donors (Lipinski definition) is 3. The van der Waals surface area contributed by atoms with Gasteiger partial charge in [-0.15, -0.1) is 0 Å². The first-order valence-corrected chi connectivity index (χ1v) is 26.9. The minimum Gasteiger partial charge on any atom is -0.466 e. The molecule has 0 spiro atoms. The maximum Gasteiger partial charge on any atom is 0.305 e. The highest BCUT2D eigenvalue weighted by molar-refractivity contribution is 5.76. The first-order valence-electron chi connectivity index (χ1n) is 26.9. The number of carbonyl (C=O) groups is 2. The highest BCUT2D eigenvalue weighted by atomic mass is 16.5. The fourth-order valence-corrected chi connectivity index (χ4v) is 8.40. The lowest BCUT2D eigenvalue weighted by Gasteiger charge is -2.22. The first kappa shape index (κ1) is 58.6. The van der Waals surface area contributed by atoms with Crippen molar-refractivity contribution in [3.05, 3.63) is 12.2 Å². The molecule has 0 heterocycles. The molecule has 0 aromatic carbocycles. The summed E-state index contributed by atoms with van der Waals surface area (Å²) in [6.45, 7) is 4.89. The summed E-state index contributed by atoms with van der Waals surface area (Å²) >= 11 is 0. The van der Waals surface area contributed by atoms with Gasteiger partial charge in [0.2, 0.25) is 5.91 Å². The highest BCUT2D eigenvalue weighted by Gasteiger charge is 2.20. The molecule has 0 aromatic heterocycles. The van der Waals surface area contributed by atoms with Crippen molar-refractivity contribution in [2.75, 3.05) is 13.2 Å². The summed E-state index contributed by atoms with van der Waals surface area (Å²) in [5.41, 5.74) is 0. The summed E-state index contributed by atoms with van der Waals surface area (Å²) in [6.07, 6.45) is 57.5. The molecule has 0 fully saturated rings. The van der Waals surface area contributed by atoms with Crippen molar-refractivity contribution in [1.82, 2.24) is 5.32 Å². The molecule has 1 amide bonds. The van der Waals surface area contributed by atoms with Crippen LogP contribution in [-0.4, -0.2) is 47.4 Å². The lowest BCUT2D eigenvalue weighted by molar-refractivity contribution is -0.143. The summed E-state index contributed by atoms with van der Waals surface area (Å²) in [6, 6.07) is -0.562. The highest BCUT2D eigenvalue weighted by Crippen LogP contribution is 2.17. The molecule has 2 atom stereocenters. The van der Waals surface area contributed by atoms with Crippen LogP contribution in [-0.2, 0) is 14.3 Å². The van der Waals surface area contributed by atoms with E-state index >= 15 is 0 Å². The smallest absolute Gasteiger partial charge is 0.305 e. The number of aliphatic hydroxyl groups is 2. The van der Waals surface area contributed by atoms with Gasteiger partial charge in [-0.3, -0.25) is 9.59 Å². The Hall–Kier alpha value is -1.40. The predicted molar refractivity (Wildman–Crippen MR) is 260 cm³/mol. The quantitative estimate of drug-likeness (QED) is 0.0322. The molecular weight excluding hydrogens is 743 g/mol. The Morgan fingerprint density at radius 2 is 0.783 bits per heavy atom. The number of allylic oxidation sites excluding steroid dienone is 2. The minimum absolute atomic E-state index is 0.0326. The third-order valence-electron chi connectivity index (χ3n) is 12.6. The van der Waals surface area contributed by atoms with Crippen LogP contribution in [0.3, 0.4) is 0 Å². The van der Waals surface area contributed by atoms with Gasteiger partial charge in [0.05, 0.1) is 25.4 Å². The third kappa shape index (κ3) is 46.1. The van der Waals surface area contributed by atoms with Gasteiger partial charge in [-0.25, -0.2) is 0 Å². The monoisotopic (exact) mass is 848 g/mol. The van der Waals surface area contributed by atoms with E-state index in [0.717, 1.165) is 57.8 Å². The van der Waals surface area contributed by atoms with E-state index in [4.69, 9.17) is 4.74 Å². The van der Waals surface area contributed by atoms with Crippen molar-refractivity contribution < 1.29 is 24.5 Å². The van der Waals surface area contributed by atoms with Crippen LogP contribution in [0.15, 0.2) is 12.2 Å². The van der Waals surface area contributed by atoms with Gasteiger partial charge in [-0.1, -0.05) is 244 Å². The fraction of sp³-hybridized carbons (Fsp3) is 0.926. The molecule has 0 radical (unpaired) electrons. The Balaban J connectivity index is 3.48. The number of aliphatic hydroxyl groups excluding tert-OH is 2. The molecule has 2 unspecified atom stereocenters.